The lowest BCUT2D eigenvalue weighted by Gasteiger charge is -2.31. The van der Waals surface area contributed by atoms with Crippen molar-refractivity contribution in [1.29, 1.82) is 0 Å². The number of carbonyl (C=O) groups excluding carboxylic acids is 1. The summed E-state index contributed by atoms with van der Waals surface area (Å²) in [4.78, 5) is 13.4. The van der Waals surface area contributed by atoms with Crippen molar-refractivity contribution in [2.24, 2.45) is 0 Å². The summed E-state index contributed by atoms with van der Waals surface area (Å²) in [6, 6.07) is 16.3. The van der Waals surface area contributed by atoms with Crippen LogP contribution < -0.4 is 4.90 Å². The zero-order chi connectivity index (χ0) is 20.0. The molecular weight excluding hydrogens is 376 g/mol. The van der Waals surface area contributed by atoms with Gasteiger partial charge in [0, 0.05) is 6.42 Å². The van der Waals surface area contributed by atoms with E-state index in [4.69, 9.17) is 4.74 Å². The molecule has 28 heavy (non-hydrogen) atoms. The van der Waals surface area contributed by atoms with Gasteiger partial charge < -0.3 is 9.64 Å². The maximum absolute atomic E-state index is 12.9. The van der Waals surface area contributed by atoms with Gasteiger partial charge in [-0.15, -0.1) is 0 Å². The molecular formula is C21H27N2O4S+. The van der Waals surface area contributed by atoms with Gasteiger partial charge in [-0.2, -0.15) is 4.31 Å². The van der Waals surface area contributed by atoms with E-state index in [-0.39, 0.29) is 11.5 Å². The fourth-order valence-electron chi connectivity index (χ4n) is 3.39. The van der Waals surface area contributed by atoms with Gasteiger partial charge in [-0.25, -0.2) is 13.2 Å². The Kier molecular flexibility index (Phi) is 6.83. The number of carbonyl (C=O) groups is 1. The third-order valence-electron chi connectivity index (χ3n) is 5.04. The summed E-state index contributed by atoms with van der Waals surface area (Å²) in [5.74, 6) is -0.443. The number of esters is 1. The van der Waals surface area contributed by atoms with Gasteiger partial charge in [-0.1, -0.05) is 30.3 Å². The van der Waals surface area contributed by atoms with Crippen LogP contribution in [0.15, 0.2) is 59.5 Å². The summed E-state index contributed by atoms with van der Waals surface area (Å²) < 4.78 is 32.2. The molecule has 0 unspecified atom stereocenters. The molecule has 0 radical (unpaired) electrons. The molecule has 3 rings (SSSR count). The number of quaternary nitrogens is 1. The second-order valence-electron chi connectivity index (χ2n) is 6.88. The van der Waals surface area contributed by atoms with Crippen LogP contribution in [0.3, 0.4) is 0 Å². The molecule has 1 saturated heterocycles. The first kappa shape index (κ1) is 20.5. The van der Waals surface area contributed by atoms with E-state index >= 15 is 0 Å². The highest BCUT2D eigenvalue weighted by Crippen LogP contribution is 2.17. The molecule has 1 aliphatic heterocycles. The number of nitrogens with one attached hydrogen (secondary N) is 1. The first-order chi connectivity index (χ1) is 13.5. The number of hydrogen-bond acceptors (Lipinski definition) is 4. The molecule has 2 aromatic carbocycles. The summed E-state index contributed by atoms with van der Waals surface area (Å²) >= 11 is 0. The minimum absolute atomic E-state index is 0.216. The molecule has 0 aromatic heterocycles. The number of ether oxygens (including phenoxy) is 1. The molecule has 0 atom stereocenters. The minimum atomic E-state index is -3.54. The third kappa shape index (κ3) is 4.98. The first-order valence-electron chi connectivity index (χ1n) is 9.65. The normalized spacial score (nSPS) is 16.0. The Morgan fingerprint density at radius 2 is 1.68 bits per heavy atom. The van der Waals surface area contributed by atoms with E-state index in [0.29, 0.717) is 18.7 Å². The average molecular weight is 404 g/mol. The topological polar surface area (TPSA) is 68.1 Å². The minimum Gasteiger partial charge on any atom is -0.462 e. The van der Waals surface area contributed by atoms with E-state index in [0.717, 1.165) is 26.1 Å². The standard InChI is InChI=1S/C21H26N2O4S/c1-2-27-21(24)19-8-10-20(11-9-19)28(25,26)23-16-14-22(15-17-23)13-12-18-6-4-3-5-7-18/h3-11H,2,12-17H2,1H3/p+1. The number of benzene rings is 2. The van der Waals surface area contributed by atoms with Gasteiger partial charge in [0.25, 0.3) is 0 Å². The lowest BCUT2D eigenvalue weighted by Crippen LogP contribution is -3.15. The van der Waals surface area contributed by atoms with Crippen LogP contribution in [0, 0.1) is 0 Å². The summed E-state index contributed by atoms with van der Waals surface area (Å²) in [5, 5.41) is 0. The van der Waals surface area contributed by atoms with E-state index in [2.05, 4.69) is 12.1 Å². The van der Waals surface area contributed by atoms with Gasteiger partial charge in [0.1, 0.15) is 0 Å². The van der Waals surface area contributed by atoms with Gasteiger partial charge in [-0.05, 0) is 36.8 Å². The zero-order valence-electron chi connectivity index (χ0n) is 16.1. The Hall–Kier alpha value is -2.22. The summed E-state index contributed by atoms with van der Waals surface area (Å²) in [6.45, 7) is 5.64. The zero-order valence-corrected chi connectivity index (χ0v) is 17.0. The molecule has 0 bridgehead atoms. The van der Waals surface area contributed by atoms with Crippen LogP contribution in [0.5, 0.6) is 0 Å². The fourth-order valence-corrected chi connectivity index (χ4v) is 4.83. The molecule has 1 heterocycles. The molecule has 2 aromatic rings. The number of rotatable bonds is 7. The predicted octanol–water partition coefficient (Wildman–Crippen LogP) is 0.995. The van der Waals surface area contributed by atoms with Crippen molar-refractivity contribution >= 4 is 16.0 Å². The summed E-state index contributed by atoms with van der Waals surface area (Å²) in [6.07, 6.45) is 0.998. The molecule has 0 spiro atoms. The van der Waals surface area contributed by atoms with E-state index < -0.39 is 16.0 Å². The molecule has 0 amide bonds. The van der Waals surface area contributed by atoms with Crippen molar-refractivity contribution in [3.63, 3.8) is 0 Å². The second-order valence-corrected chi connectivity index (χ2v) is 8.82. The second kappa shape index (κ2) is 9.32. The number of nitrogens with zero attached hydrogens (tertiary/aromatic N) is 1. The van der Waals surface area contributed by atoms with Gasteiger partial charge >= 0.3 is 5.97 Å². The van der Waals surface area contributed by atoms with Crippen LogP contribution in [-0.2, 0) is 21.2 Å². The number of sulfonamides is 1. The van der Waals surface area contributed by atoms with Crippen molar-refractivity contribution in [1.82, 2.24) is 4.31 Å². The number of hydrogen-bond donors (Lipinski definition) is 1. The predicted molar refractivity (Wildman–Crippen MR) is 107 cm³/mol. The fraction of sp³-hybridized carbons (Fsp3) is 0.381. The molecule has 150 valence electrons. The maximum Gasteiger partial charge on any atom is 0.338 e. The Bertz CT molecular complexity index is 874. The van der Waals surface area contributed by atoms with E-state index in [9.17, 15) is 13.2 Å². The van der Waals surface area contributed by atoms with Crippen LogP contribution in [0.1, 0.15) is 22.8 Å². The number of piperazine rings is 1. The molecule has 1 aliphatic rings. The van der Waals surface area contributed by atoms with Gasteiger partial charge in [0.05, 0.1) is 49.8 Å². The Labute approximate surface area is 166 Å². The smallest absolute Gasteiger partial charge is 0.338 e. The van der Waals surface area contributed by atoms with Crippen molar-refractivity contribution < 1.29 is 22.8 Å². The lowest BCUT2D eigenvalue weighted by molar-refractivity contribution is -0.903. The van der Waals surface area contributed by atoms with Crippen molar-refractivity contribution in [3.8, 4) is 0 Å². The van der Waals surface area contributed by atoms with Crippen LogP contribution in [-0.4, -0.2) is 58.0 Å². The van der Waals surface area contributed by atoms with Gasteiger partial charge in [-0.3, -0.25) is 0 Å². The molecule has 1 fully saturated rings. The molecule has 0 saturated carbocycles. The van der Waals surface area contributed by atoms with Gasteiger partial charge in [0.15, 0.2) is 0 Å². The summed E-state index contributed by atoms with van der Waals surface area (Å²) in [5.41, 5.74) is 1.67. The highest BCUT2D eigenvalue weighted by molar-refractivity contribution is 7.89. The quantitative estimate of drug-likeness (QED) is 0.701. The van der Waals surface area contributed by atoms with Crippen molar-refractivity contribution in [3.05, 3.63) is 65.7 Å². The van der Waals surface area contributed by atoms with Gasteiger partial charge in [0.2, 0.25) is 10.0 Å². The van der Waals surface area contributed by atoms with E-state index in [1.807, 2.05) is 18.2 Å². The average Bonchev–Trinajstić information content (AvgIpc) is 2.73. The SMILES string of the molecule is CCOC(=O)c1ccc(S(=O)(=O)N2CC[NH+](CCc3ccccc3)CC2)cc1. The van der Waals surface area contributed by atoms with Crippen molar-refractivity contribution in [2.45, 2.75) is 18.2 Å². The van der Waals surface area contributed by atoms with E-state index in [1.54, 1.807) is 11.2 Å². The largest absolute Gasteiger partial charge is 0.462 e. The molecule has 6 nitrogen and oxygen atoms in total. The monoisotopic (exact) mass is 403 g/mol. The Morgan fingerprint density at radius 1 is 1.04 bits per heavy atom. The van der Waals surface area contributed by atoms with Crippen LogP contribution in [0.2, 0.25) is 0 Å². The van der Waals surface area contributed by atoms with Crippen molar-refractivity contribution in [2.75, 3.05) is 39.3 Å². The summed E-state index contributed by atoms with van der Waals surface area (Å²) in [7, 11) is -3.54. The van der Waals surface area contributed by atoms with Crippen LogP contribution in [0.25, 0.3) is 0 Å². The highest BCUT2D eigenvalue weighted by Gasteiger charge is 2.30. The van der Waals surface area contributed by atoms with Crippen LogP contribution >= 0.6 is 0 Å². The van der Waals surface area contributed by atoms with Crippen LogP contribution in [0.4, 0.5) is 0 Å². The lowest BCUT2D eigenvalue weighted by atomic mass is 10.1. The first-order valence-corrected chi connectivity index (χ1v) is 11.1. The Morgan fingerprint density at radius 3 is 2.29 bits per heavy atom. The molecule has 1 N–H and O–H groups in total. The van der Waals surface area contributed by atoms with E-state index in [1.165, 1.54) is 34.7 Å². The highest BCUT2D eigenvalue weighted by atomic mass is 32.2. The molecule has 7 heteroatoms. The third-order valence-corrected chi connectivity index (χ3v) is 6.96. The maximum atomic E-state index is 12.9. The Balaban J connectivity index is 1.56. The molecule has 0 aliphatic carbocycles.